The molecule has 0 spiro atoms. The van der Waals surface area contributed by atoms with Crippen molar-refractivity contribution in [1.29, 1.82) is 0 Å². The number of fused-ring (bicyclic) bond motifs is 7. The maximum absolute atomic E-state index is 8.99. The Morgan fingerprint density at radius 2 is 1.52 bits per heavy atom. The summed E-state index contributed by atoms with van der Waals surface area (Å²) in [7, 11) is 0. The zero-order valence-electron chi connectivity index (χ0n) is 25.9. The topological polar surface area (TPSA) is 17.4 Å². The van der Waals surface area contributed by atoms with E-state index in [9.17, 15) is 0 Å². The SMILES string of the molecule is [2H]c1c([2H])c([2H])c2c(c1[2H])c1c(n2-c2ccc3c(c2)N(c2ccccc2)c2cccc4c2B3c2ccccc2O4)CCCC1. The number of hydrogen-bond acceptors (Lipinski definition) is 2. The normalized spacial score (nSPS) is 16.1. The van der Waals surface area contributed by atoms with Gasteiger partial charge in [0.1, 0.15) is 11.5 Å². The maximum atomic E-state index is 8.99. The highest BCUT2D eigenvalue weighted by atomic mass is 16.5. The monoisotopic (exact) mass is 518 g/mol. The lowest BCUT2D eigenvalue weighted by Gasteiger charge is -2.40. The Hall–Kier alpha value is -4.70. The first-order valence-corrected chi connectivity index (χ1v) is 14.0. The first-order chi connectivity index (χ1) is 21.5. The van der Waals surface area contributed by atoms with Crippen molar-refractivity contribution < 1.29 is 10.2 Å². The molecule has 5 aromatic carbocycles. The van der Waals surface area contributed by atoms with Crippen molar-refractivity contribution in [3.05, 3.63) is 126 Å². The van der Waals surface area contributed by atoms with E-state index < -0.39 is 0 Å². The molecule has 0 N–H and O–H groups in total. The summed E-state index contributed by atoms with van der Waals surface area (Å²) in [5, 5.41) is 0.664. The minimum Gasteiger partial charge on any atom is -0.458 e. The fourth-order valence-corrected chi connectivity index (χ4v) is 7.13. The van der Waals surface area contributed by atoms with Gasteiger partial charge in [-0.15, -0.1) is 0 Å². The van der Waals surface area contributed by atoms with Gasteiger partial charge in [-0.3, -0.25) is 0 Å². The molecule has 3 heterocycles. The van der Waals surface area contributed by atoms with Crippen LogP contribution >= 0.6 is 0 Å². The molecule has 0 fully saturated rings. The number of para-hydroxylation sites is 3. The molecule has 40 heavy (non-hydrogen) atoms. The van der Waals surface area contributed by atoms with Gasteiger partial charge in [-0.25, -0.2) is 0 Å². The van der Waals surface area contributed by atoms with Gasteiger partial charge >= 0.3 is 0 Å². The van der Waals surface area contributed by atoms with Gasteiger partial charge < -0.3 is 14.2 Å². The number of aromatic nitrogens is 1. The molecule has 0 saturated heterocycles. The number of anilines is 3. The van der Waals surface area contributed by atoms with Crippen LogP contribution < -0.4 is 26.0 Å². The number of benzene rings is 5. The van der Waals surface area contributed by atoms with Crippen LogP contribution in [0.2, 0.25) is 0 Å². The number of rotatable bonds is 2. The molecule has 1 aromatic heterocycles. The highest BCUT2D eigenvalue weighted by Crippen LogP contribution is 2.42. The Kier molecular flexibility index (Phi) is 3.90. The second-order valence-corrected chi connectivity index (χ2v) is 10.9. The molecule has 9 rings (SSSR count). The fourth-order valence-electron chi connectivity index (χ4n) is 7.13. The van der Waals surface area contributed by atoms with E-state index in [0.717, 1.165) is 82.1 Å². The fraction of sp³-hybridized carbons (Fsp3) is 0.111. The van der Waals surface area contributed by atoms with Crippen LogP contribution in [0.15, 0.2) is 115 Å². The smallest absolute Gasteiger partial charge is 0.256 e. The molecular formula is C36H27BN2O. The Bertz CT molecular complexity index is 2180. The molecule has 3 aliphatic rings. The summed E-state index contributed by atoms with van der Waals surface area (Å²) >= 11 is 0. The number of aryl methyl sites for hydroxylation is 1. The molecule has 6 aromatic rings. The maximum Gasteiger partial charge on any atom is 0.256 e. The van der Waals surface area contributed by atoms with Crippen LogP contribution in [0.5, 0.6) is 11.5 Å². The van der Waals surface area contributed by atoms with Gasteiger partial charge in [-0.1, -0.05) is 66.7 Å². The molecule has 4 heteroatoms. The molecule has 0 saturated carbocycles. The summed E-state index contributed by atoms with van der Waals surface area (Å²) in [6.07, 6.45) is 3.70. The highest BCUT2D eigenvalue weighted by Gasteiger charge is 2.41. The van der Waals surface area contributed by atoms with Gasteiger partial charge in [0.2, 0.25) is 0 Å². The third-order valence-electron chi connectivity index (χ3n) is 8.76. The van der Waals surface area contributed by atoms with E-state index in [1.807, 2.05) is 18.2 Å². The van der Waals surface area contributed by atoms with Crippen LogP contribution in [0.4, 0.5) is 17.1 Å². The second kappa shape index (κ2) is 8.40. The molecular weight excluding hydrogens is 487 g/mol. The zero-order valence-corrected chi connectivity index (χ0v) is 21.9. The van der Waals surface area contributed by atoms with E-state index in [0.29, 0.717) is 10.9 Å². The molecule has 190 valence electrons. The minimum atomic E-state index is -0.192. The molecule has 3 nitrogen and oxygen atoms in total. The Morgan fingerprint density at radius 1 is 0.700 bits per heavy atom. The van der Waals surface area contributed by atoms with Crippen LogP contribution in [0, 0.1) is 0 Å². The van der Waals surface area contributed by atoms with Gasteiger partial charge in [0.15, 0.2) is 0 Å². The van der Waals surface area contributed by atoms with Gasteiger partial charge in [0.05, 0.1) is 11.0 Å². The van der Waals surface area contributed by atoms with E-state index in [1.165, 1.54) is 5.46 Å². The summed E-state index contributed by atoms with van der Waals surface area (Å²) in [4.78, 5) is 2.30. The summed E-state index contributed by atoms with van der Waals surface area (Å²) in [6.45, 7) is -0.0113. The van der Waals surface area contributed by atoms with Gasteiger partial charge in [0, 0.05) is 33.8 Å². The molecule has 0 radical (unpaired) electrons. The van der Waals surface area contributed by atoms with Crippen LogP contribution in [-0.2, 0) is 12.8 Å². The zero-order chi connectivity index (χ0) is 29.7. The van der Waals surface area contributed by atoms with Crippen LogP contribution in [-0.4, -0.2) is 11.3 Å². The predicted octanol–water partition coefficient (Wildman–Crippen LogP) is 6.91. The quantitative estimate of drug-likeness (QED) is 0.231. The highest BCUT2D eigenvalue weighted by molar-refractivity contribution is 6.99. The Labute approximate surface area is 240 Å². The lowest BCUT2D eigenvalue weighted by molar-refractivity contribution is 0.487. The van der Waals surface area contributed by atoms with Crippen molar-refractivity contribution in [3.8, 4) is 17.2 Å². The first-order valence-electron chi connectivity index (χ1n) is 16.0. The summed E-state index contributed by atoms with van der Waals surface area (Å²) in [5.41, 5.74) is 10.2. The molecule has 2 aliphatic heterocycles. The molecule has 0 amide bonds. The third-order valence-corrected chi connectivity index (χ3v) is 8.76. The van der Waals surface area contributed by atoms with E-state index >= 15 is 0 Å². The average Bonchev–Trinajstić information content (AvgIpc) is 3.42. The van der Waals surface area contributed by atoms with E-state index in [4.69, 9.17) is 10.2 Å². The minimum absolute atomic E-state index is 0.0113. The van der Waals surface area contributed by atoms with Gasteiger partial charge in [-0.2, -0.15) is 0 Å². The number of hydrogen-bond donors (Lipinski definition) is 0. The standard InChI is InChI=1S/C36H27BN2O/c1-2-11-24(12-3-1)38-32-18-10-20-35-36(32)37(29-15-6-9-19-34(29)40-35)28-22-21-25(23-33(28)38)39-30-16-7-4-13-26(30)27-14-5-8-17-31(27)39/h1-4,6-7,9-13,15-16,18-23H,5,8,14,17H2/i4D,7D,13D,16D. The lowest BCUT2D eigenvalue weighted by Crippen LogP contribution is -2.59. The summed E-state index contributed by atoms with van der Waals surface area (Å²) in [5.74, 6) is 1.73. The largest absolute Gasteiger partial charge is 0.458 e. The number of ether oxygens (including phenoxy) is 1. The Balaban J connectivity index is 1.37. The van der Waals surface area contributed by atoms with E-state index in [2.05, 4.69) is 82.3 Å². The van der Waals surface area contributed by atoms with Crippen molar-refractivity contribution >= 4 is 51.1 Å². The van der Waals surface area contributed by atoms with Crippen molar-refractivity contribution in [2.24, 2.45) is 0 Å². The van der Waals surface area contributed by atoms with Crippen molar-refractivity contribution in [1.82, 2.24) is 4.57 Å². The Morgan fingerprint density at radius 3 is 2.48 bits per heavy atom. The molecule has 0 atom stereocenters. The van der Waals surface area contributed by atoms with Crippen LogP contribution in [0.1, 0.15) is 29.6 Å². The van der Waals surface area contributed by atoms with Crippen molar-refractivity contribution in [2.75, 3.05) is 4.90 Å². The number of nitrogens with zero attached hydrogens (tertiary/aromatic N) is 2. The predicted molar refractivity (Wildman–Crippen MR) is 166 cm³/mol. The molecule has 0 bridgehead atoms. The summed E-state index contributed by atoms with van der Waals surface area (Å²) < 4.78 is 43.4. The second-order valence-electron chi connectivity index (χ2n) is 10.9. The van der Waals surface area contributed by atoms with Gasteiger partial charge in [-0.05, 0) is 96.1 Å². The van der Waals surface area contributed by atoms with Crippen LogP contribution in [0.3, 0.4) is 0 Å². The summed E-state index contributed by atoms with van der Waals surface area (Å²) in [6, 6.07) is 31.2. The third kappa shape index (κ3) is 3.02. The molecule has 0 unspecified atom stereocenters. The van der Waals surface area contributed by atoms with Crippen molar-refractivity contribution in [2.45, 2.75) is 25.7 Å². The molecule has 1 aliphatic carbocycles. The van der Waals surface area contributed by atoms with Crippen molar-refractivity contribution in [3.63, 3.8) is 0 Å². The van der Waals surface area contributed by atoms with E-state index in [-0.39, 0.29) is 30.9 Å². The lowest BCUT2D eigenvalue weighted by atomic mass is 9.34. The average molecular weight is 518 g/mol. The first kappa shape index (κ1) is 18.6. The van der Waals surface area contributed by atoms with E-state index in [1.54, 1.807) is 0 Å². The van der Waals surface area contributed by atoms with Crippen LogP contribution in [0.25, 0.3) is 16.6 Å². The van der Waals surface area contributed by atoms with Gasteiger partial charge in [0.25, 0.3) is 6.71 Å².